The van der Waals surface area contributed by atoms with Crippen molar-refractivity contribution >= 4 is 11.6 Å². The molecule has 1 amide bonds. The Labute approximate surface area is 156 Å². The normalized spacial score (nSPS) is 16.9. The van der Waals surface area contributed by atoms with E-state index in [-0.39, 0.29) is 5.91 Å². The van der Waals surface area contributed by atoms with E-state index in [1.807, 2.05) is 23.9 Å². The molecule has 0 spiro atoms. The number of piperidine rings is 1. The molecule has 1 aliphatic heterocycles. The Hall–Kier alpha value is -3.13. The molecule has 0 bridgehead atoms. The van der Waals surface area contributed by atoms with Crippen LogP contribution in [-0.2, 0) is 0 Å². The maximum absolute atomic E-state index is 12.4. The van der Waals surface area contributed by atoms with E-state index in [4.69, 9.17) is 4.74 Å². The van der Waals surface area contributed by atoms with Crippen molar-refractivity contribution in [3.63, 3.8) is 0 Å². The first kappa shape index (κ1) is 17.3. The summed E-state index contributed by atoms with van der Waals surface area (Å²) in [6.07, 6.45) is 4.07. The van der Waals surface area contributed by atoms with Gasteiger partial charge in [-0.15, -0.1) is 5.10 Å². The fourth-order valence-corrected chi connectivity index (χ4v) is 3.09. The van der Waals surface area contributed by atoms with Crippen LogP contribution >= 0.6 is 0 Å². The minimum absolute atomic E-state index is 0.228. The van der Waals surface area contributed by atoms with Crippen molar-refractivity contribution in [3.05, 3.63) is 54.0 Å². The minimum Gasteiger partial charge on any atom is -0.438 e. The summed E-state index contributed by atoms with van der Waals surface area (Å²) in [6, 6.07) is 11.0. The summed E-state index contributed by atoms with van der Waals surface area (Å²) in [4.78, 5) is 12.4. The average molecular weight is 366 g/mol. The number of carbonyl (C=O) groups excluding carboxylic acids is 1. The third-order valence-corrected chi connectivity index (χ3v) is 4.50. The number of benzene rings is 1. The van der Waals surface area contributed by atoms with Crippen LogP contribution in [0.3, 0.4) is 0 Å². The first-order valence-electron chi connectivity index (χ1n) is 9.04. The van der Waals surface area contributed by atoms with E-state index in [1.165, 1.54) is 0 Å². The second-order valence-corrected chi connectivity index (χ2v) is 6.65. The number of rotatable bonds is 5. The lowest BCUT2D eigenvalue weighted by Gasteiger charge is -2.22. The zero-order chi connectivity index (χ0) is 18.6. The van der Waals surface area contributed by atoms with Crippen molar-refractivity contribution < 1.29 is 9.53 Å². The molecule has 1 unspecified atom stereocenters. The lowest BCUT2D eigenvalue weighted by Crippen LogP contribution is -2.32. The van der Waals surface area contributed by atoms with E-state index in [1.54, 1.807) is 30.3 Å². The summed E-state index contributed by atoms with van der Waals surface area (Å²) in [5.41, 5.74) is 2.02. The van der Waals surface area contributed by atoms with Gasteiger partial charge in [-0.3, -0.25) is 14.6 Å². The molecule has 1 fully saturated rings. The number of nitrogens with one attached hydrogen (secondary N) is 3. The van der Waals surface area contributed by atoms with E-state index >= 15 is 0 Å². The average Bonchev–Trinajstić information content (AvgIpc) is 3.33. The fraction of sp³-hybridized carbons (Fsp3) is 0.316. The zero-order valence-corrected chi connectivity index (χ0v) is 15.1. The summed E-state index contributed by atoms with van der Waals surface area (Å²) in [5, 5.41) is 17.5. The number of nitrogens with zero attached hydrogens (tertiary/aromatic N) is 3. The molecule has 1 aliphatic rings. The number of carbonyl (C=O) groups is 1. The Kier molecular flexibility index (Phi) is 4.88. The van der Waals surface area contributed by atoms with E-state index < -0.39 is 0 Å². The van der Waals surface area contributed by atoms with Crippen molar-refractivity contribution in [1.82, 2.24) is 25.3 Å². The van der Waals surface area contributed by atoms with Gasteiger partial charge < -0.3 is 15.4 Å². The molecule has 1 aromatic carbocycles. The maximum Gasteiger partial charge on any atom is 0.276 e. The van der Waals surface area contributed by atoms with Crippen LogP contribution in [0.4, 0.5) is 5.69 Å². The van der Waals surface area contributed by atoms with Crippen LogP contribution in [-0.4, -0.2) is 39.0 Å². The van der Waals surface area contributed by atoms with Gasteiger partial charge in [-0.2, -0.15) is 5.10 Å². The highest BCUT2D eigenvalue weighted by atomic mass is 16.5. The van der Waals surface area contributed by atoms with Gasteiger partial charge in [0.15, 0.2) is 5.69 Å². The van der Waals surface area contributed by atoms with Crippen LogP contribution in [0, 0.1) is 6.92 Å². The van der Waals surface area contributed by atoms with Crippen LogP contribution in [0.1, 0.15) is 35.1 Å². The van der Waals surface area contributed by atoms with Gasteiger partial charge in [-0.05, 0) is 56.6 Å². The predicted molar refractivity (Wildman–Crippen MR) is 101 cm³/mol. The van der Waals surface area contributed by atoms with Crippen LogP contribution in [0.25, 0.3) is 0 Å². The number of aromatic nitrogens is 4. The predicted octanol–water partition coefficient (Wildman–Crippen LogP) is 2.88. The number of aromatic amines is 1. The summed E-state index contributed by atoms with van der Waals surface area (Å²) in [6.45, 7) is 3.84. The molecule has 1 saturated heterocycles. The summed E-state index contributed by atoms with van der Waals surface area (Å²) in [7, 11) is 0. The van der Waals surface area contributed by atoms with E-state index in [0.29, 0.717) is 29.1 Å². The molecule has 0 aliphatic carbocycles. The Morgan fingerprint density at radius 1 is 1.30 bits per heavy atom. The highest BCUT2D eigenvalue weighted by molar-refractivity contribution is 6.02. The van der Waals surface area contributed by atoms with Gasteiger partial charge in [-0.25, -0.2) is 0 Å². The van der Waals surface area contributed by atoms with Gasteiger partial charge in [-0.1, -0.05) is 0 Å². The van der Waals surface area contributed by atoms with Gasteiger partial charge in [0.1, 0.15) is 5.75 Å². The Balaban J connectivity index is 1.37. The van der Waals surface area contributed by atoms with E-state index in [2.05, 4.69) is 25.9 Å². The highest BCUT2D eigenvalue weighted by Crippen LogP contribution is 2.22. The third-order valence-electron chi connectivity index (χ3n) is 4.50. The van der Waals surface area contributed by atoms with Crippen LogP contribution in [0.5, 0.6) is 11.6 Å². The second-order valence-electron chi connectivity index (χ2n) is 6.65. The fourth-order valence-electron chi connectivity index (χ4n) is 3.09. The first-order valence-corrected chi connectivity index (χ1v) is 9.04. The molecule has 3 aromatic rings. The Morgan fingerprint density at radius 3 is 2.85 bits per heavy atom. The number of anilines is 1. The summed E-state index contributed by atoms with van der Waals surface area (Å²) < 4.78 is 7.52. The highest BCUT2D eigenvalue weighted by Gasteiger charge is 2.17. The molecule has 8 nitrogen and oxygen atoms in total. The summed E-state index contributed by atoms with van der Waals surface area (Å²) in [5.74, 6) is 0.926. The number of hydrogen-bond acceptors (Lipinski definition) is 5. The monoisotopic (exact) mass is 366 g/mol. The lowest BCUT2D eigenvalue weighted by atomic mass is 10.1. The number of aryl methyl sites for hydroxylation is 1. The number of hydrogen-bond donors (Lipinski definition) is 3. The van der Waals surface area contributed by atoms with E-state index in [0.717, 1.165) is 31.6 Å². The van der Waals surface area contributed by atoms with E-state index in [9.17, 15) is 4.79 Å². The smallest absolute Gasteiger partial charge is 0.276 e. The second kappa shape index (κ2) is 7.63. The van der Waals surface area contributed by atoms with Crippen LogP contribution in [0.15, 0.2) is 42.6 Å². The molecule has 3 N–H and O–H groups in total. The minimum atomic E-state index is -0.228. The van der Waals surface area contributed by atoms with Gasteiger partial charge in [0.25, 0.3) is 5.91 Å². The standard InChI is InChI=1S/C19H22N6O2/c1-13-11-18(23-22-13)27-16-6-4-14(5-7-16)21-19(26)17-8-10-25(24-17)15-3-2-9-20-12-15/h4-8,10-11,15,20H,2-3,9,12H2,1H3,(H,21,26)(H,22,23). The molecule has 8 heteroatoms. The molecule has 140 valence electrons. The van der Waals surface area contributed by atoms with Gasteiger partial charge >= 0.3 is 0 Å². The zero-order valence-electron chi connectivity index (χ0n) is 15.1. The molecule has 2 aromatic heterocycles. The number of H-pyrrole nitrogens is 1. The SMILES string of the molecule is Cc1cc(Oc2ccc(NC(=O)c3ccn(C4CCCNC4)n3)cc2)n[nH]1. The molecule has 4 rings (SSSR count). The largest absolute Gasteiger partial charge is 0.438 e. The van der Waals surface area contributed by atoms with Crippen molar-refractivity contribution in [1.29, 1.82) is 0 Å². The Morgan fingerprint density at radius 2 is 2.15 bits per heavy atom. The molecule has 27 heavy (non-hydrogen) atoms. The first-order chi connectivity index (χ1) is 13.2. The number of ether oxygens (including phenoxy) is 1. The van der Waals surface area contributed by atoms with Crippen LogP contribution < -0.4 is 15.4 Å². The Bertz CT molecular complexity index is 908. The molecule has 3 heterocycles. The lowest BCUT2D eigenvalue weighted by molar-refractivity contribution is 0.102. The van der Waals surface area contributed by atoms with Crippen molar-refractivity contribution in [2.75, 3.05) is 18.4 Å². The number of amides is 1. The topological polar surface area (TPSA) is 96.9 Å². The van der Waals surface area contributed by atoms with Crippen LogP contribution in [0.2, 0.25) is 0 Å². The molecular formula is C19H22N6O2. The van der Waals surface area contributed by atoms with Crippen molar-refractivity contribution in [2.24, 2.45) is 0 Å². The third kappa shape index (κ3) is 4.17. The van der Waals surface area contributed by atoms with Gasteiger partial charge in [0.2, 0.25) is 5.88 Å². The summed E-state index contributed by atoms with van der Waals surface area (Å²) >= 11 is 0. The molecule has 0 saturated carbocycles. The molecular weight excluding hydrogens is 344 g/mol. The molecule has 0 radical (unpaired) electrons. The van der Waals surface area contributed by atoms with Crippen molar-refractivity contribution in [3.8, 4) is 11.6 Å². The maximum atomic E-state index is 12.4. The van der Waals surface area contributed by atoms with Gasteiger partial charge in [0.05, 0.1) is 6.04 Å². The molecule has 1 atom stereocenters. The van der Waals surface area contributed by atoms with Crippen molar-refractivity contribution in [2.45, 2.75) is 25.8 Å². The van der Waals surface area contributed by atoms with Gasteiger partial charge in [0, 0.05) is 30.2 Å². The quantitative estimate of drug-likeness (QED) is 0.645.